The van der Waals surface area contributed by atoms with Crippen LogP contribution in [0.25, 0.3) is 0 Å². The van der Waals surface area contributed by atoms with E-state index in [1.54, 1.807) is 0 Å². The lowest BCUT2D eigenvalue weighted by molar-refractivity contribution is -0.146. The molecule has 0 radical (unpaired) electrons. The van der Waals surface area contributed by atoms with Crippen LogP contribution in [0, 0.1) is 0 Å². The van der Waals surface area contributed by atoms with Gasteiger partial charge in [-0.15, -0.1) is 0 Å². The topological polar surface area (TPSA) is 93.1 Å². The lowest BCUT2D eigenvalue weighted by Crippen LogP contribution is -2.53. The summed E-state index contributed by atoms with van der Waals surface area (Å²) >= 11 is 0. The zero-order valence-corrected chi connectivity index (χ0v) is 10.5. The van der Waals surface area contributed by atoms with Gasteiger partial charge in [-0.1, -0.05) is 0 Å². The van der Waals surface area contributed by atoms with Gasteiger partial charge in [-0.05, 0) is 6.42 Å². The van der Waals surface area contributed by atoms with Crippen molar-refractivity contribution in [3.05, 3.63) is 0 Å². The molecule has 0 aromatic heterocycles. The number of hydrogen-bond acceptors (Lipinski definition) is 5. The molecule has 8 heteroatoms. The fourth-order valence-corrected chi connectivity index (χ4v) is 3.23. The molecule has 1 aliphatic heterocycles. The molecule has 0 aromatic carbocycles. The monoisotopic (exact) mass is 267 g/mol. The van der Waals surface area contributed by atoms with Gasteiger partial charge in [0.25, 0.3) is 0 Å². The number of ether oxygens (including phenoxy) is 2. The average Bonchev–Trinajstić information content (AvgIpc) is 2.29. The van der Waals surface area contributed by atoms with Gasteiger partial charge in [0.05, 0.1) is 19.0 Å². The lowest BCUT2D eigenvalue weighted by atomic mass is 10.3. The van der Waals surface area contributed by atoms with Crippen molar-refractivity contribution in [2.45, 2.75) is 12.5 Å². The molecule has 100 valence electrons. The minimum atomic E-state index is -3.56. The molecule has 1 atom stereocenters. The van der Waals surface area contributed by atoms with E-state index < -0.39 is 22.0 Å². The molecule has 1 rings (SSSR count). The average molecular weight is 267 g/mol. The van der Waals surface area contributed by atoms with Gasteiger partial charge >= 0.3 is 5.97 Å². The van der Waals surface area contributed by atoms with E-state index in [1.807, 2.05) is 0 Å². The fraction of sp³-hybridized carbons (Fsp3) is 0.889. The van der Waals surface area contributed by atoms with Crippen LogP contribution in [0.4, 0.5) is 0 Å². The molecule has 0 bridgehead atoms. The van der Waals surface area contributed by atoms with Crippen LogP contribution in [0.1, 0.15) is 6.42 Å². The Hall–Kier alpha value is -0.700. The Balaban J connectivity index is 2.69. The standard InChI is InChI=1S/C9H17NO6S/c1-15-4-2-6-17(13,14)10-3-5-16-7-8(10)9(11)12/h8H,2-7H2,1H3,(H,11,12). The number of sulfonamides is 1. The van der Waals surface area contributed by atoms with E-state index in [0.29, 0.717) is 13.0 Å². The van der Waals surface area contributed by atoms with Crippen LogP contribution < -0.4 is 0 Å². The first-order valence-electron chi connectivity index (χ1n) is 5.28. The molecule has 7 nitrogen and oxygen atoms in total. The number of nitrogens with zero attached hydrogens (tertiary/aromatic N) is 1. The van der Waals surface area contributed by atoms with Crippen LogP contribution in [-0.4, -0.2) is 69.1 Å². The zero-order valence-electron chi connectivity index (χ0n) is 9.66. The molecule has 0 aliphatic carbocycles. The molecule has 1 aliphatic rings. The number of methoxy groups -OCH3 is 1. The summed E-state index contributed by atoms with van der Waals surface area (Å²) in [5, 5.41) is 8.93. The van der Waals surface area contributed by atoms with Crippen molar-refractivity contribution in [2.24, 2.45) is 0 Å². The van der Waals surface area contributed by atoms with E-state index >= 15 is 0 Å². The van der Waals surface area contributed by atoms with Crippen LogP contribution in [0.2, 0.25) is 0 Å². The number of hydrogen-bond donors (Lipinski definition) is 1. The highest BCUT2D eigenvalue weighted by molar-refractivity contribution is 7.89. The first-order valence-corrected chi connectivity index (χ1v) is 6.89. The third kappa shape index (κ3) is 3.91. The van der Waals surface area contributed by atoms with E-state index in [4.69, 9.17) is 14.6 Å². The molecular formula is C9H17NO6S. The number of carboxylic acids is 1. The summed E-state index contributed by atoms with van der Waals surface area (Å²) in [5.74, 6) is -1.29. The van der Waals surface area contributed by atoms with Crippen molar-refractivity contribution in [3.63, 3.8) is 0 Å². The molecule has 1 N–H and O–H groups in total. The van der Waals surface area contributed by atoms with Crippen molar-refractivity contribution in [1.82, 2.24) is 4.31 Å². The summed E-state index contributed by atoms with van der Waals surface area (Å²) in [5.41, 5.74) is 0. The molecular weight excluding hydrogens is 250 g/mol. The summed E-state index contributed by atoms with van der Waals surface area (Å²) < 4.78 is 34.6. The third-order valence-electron chi connectivity index (χ3n) is 2.47. The second-order valence-electron chi connectivity index (χ2n) is 3.70. The van der Waals surface area contributed by atoms with Crippen LogP contribution in [0.5, 0.6) is 0 Å². The number of aliphatic carboxylic acids is 1. The minimum absolute atomic E-state index is 0.0896. The van der Waals surface area contributed by atoms with Gasteiger partial charge in [0, 0.05) is 20.3 Å². The smallest absolute Gasteiger partial charge is 0.324 e. The quantitative estimate of drug-likeness (QED) is 0.629. The van der Waals surface area contributed by atoms with E-state index in [2.05, 4.69) is 0 Å². The number of morpholine rings is 1. The maximum atomic E-state index is 11.9. The highest BCUT2D eigenvalue weighted by atomic mass is 32.2. The van der Waals surface area contributed by atoms with Crippen molar-refractivity contribution < 1.29 is 27.8 Å². The molecule has 0 amide bonds. The fourth-order valence-electron chi connectivity index (χ4n) is 1.62. The third-order valence-corrected chi connectivity index (χ3v) is 4.43. The van der Waals surface area contributed by atoms with E-state index in [1.165, 1.54) is 7.11 Å². The summed E-state index contributed by atoms with van der Waals surface area (Å²) in [4.78, 5) is 10.9. The molecule has 1 unspecified atom stereocenters. The van der Waals surface area contributed by atoms with Gasteiger partial charge in [-0.25, -0.2) is 8.42 Å². The van der Waals surface area contributed by atoms with Crippen molar-refractivity contribution in [2.75, 3.05) is 39.2 Å². The molecule has 1 heterocycles. The predicted molar refractivity (Wildman–Crippen MR) is 59.2 cm³/mol. The van der Waals surface area contributed by atoms with Crippen LogP contribution in [0.15, 0.2) is 0 Å². The minimum Gasteiger partial charge on any atom is -0.480 e. The lowest BCUT2D eigenvalue weighted by Gasteiger charge is -2.31. The Morgan fingerprint density at radius 2 is 2.29 bits per heavy atom. The van der Waals surface area contributed by atoms with Crippen LogP contribution >= 0.6 is 0 Å². The van der Waals surface area contributed by atoms with Gasteiger partial charge in [0.1, 0.15) is 6.04 Å². The Morgan fingerprint density at radius 1 is 1.59 bits per heavy atom. The maximum absolute atomic E-state index is 11.9. The highest BCUT2D eigenvalue weighted by Crippen LogP contribution is 2.14. The van der Waals surface area contributed by atoms with E-state index in [9.17, 15) is 13.2 Å². The number of rotatable bonds is 6. The van der Waals surface area contributed by atoms with Gasteiger partial charge in [0.15, 0.2) is 0 Å². The maximum Gasteiger partial charge on any atom is 0.324 e. The molecule has 1 saturated heterocycles. The van der Waals surface area contributed by atoms with Gasteiger partial charge < -0.3 is 14.6 Å². The Morgan fingerprint density at radius 3 is 2.88 bits per heavy atom. The first-order chi connectivity index (χ1) is 7.99. The van der Waals surface area contributed by atoms with Gasteiger partial charge in [-0.2, -0.15) is 4.31 Å². The molecule has 0 aromatic rings. The predicted octanol–water partition coefficient (Wildman–Crippen LogP) is -0.862. The van der Waals surface area contributed by atoms with Crippen molar-refractivity contribution in [1.29, 1.82) is 0 Å². The van der Waals surface area contributed by atoms with E-state index in [-0.39, 0.29) is 25.5 Å². The second-order valence-corrected chi connectivity index (χ2v) is 5.74. The first kappa shape index (κ1) is 14.4. The second kappa shape index (κ2) is 6.29. The van der Waals surface area contributed by atoms with Crippen LogP contribution in [-0.2, 0) is 24.3 Å². The van der Waals surface area contributed by atoms with Gasteiger partial charge in [-0.3, -0.25) is 4.79 Å². The molecule has 0 spiro atoms. The van der Waals surface area contributed by atoms with Crippen molar-refractivity contribution in [3.8, 4) is 0 Å². The SMILES string of the molecule is COCCCS(=O)(=O)N1CCOCC1C(=O)O. The Labute approximate surface area is 100 Å². The summed E-state index contributed by atoms with van der Waals surface area (Å²) in [7, 11) is -2.07. The zero-order chi connectivity index (χ0) is 12.9. The normalized spacial score (nSPS) is 22.5. The van der Waals surface area contributed by atoms with E-state index in [0.717, 1.165) is 4.31 Å². The summed E-state index contributed by atoms with van der Waals surface area (Å²) in [6.07, 6.45) is 0.350. The molecule has 0 saturated carbocycles. The summed E-state index contributed by atoms with van der Waals surface area (Å²) in [6, 6.07) is -1.11. The Kier molecular flexibility index (Phi) is 5.31. The highest BCUT2D eigenvalue weighted by Gasteiger charge is 2.36. The van der Waals surface area contributed by atoms with Crippen LogP contribution in [0.3, 0.4) is 0 Å². The molecule has 17 heavy (non-hydrogen) atoms. The van der Waals surface area contributed by atoms with Crippen molar-refractivity contribution >= 4 is 16.0 Å². The van der Waals surface area contributed by atoms with Gasteiger partial charge in [0.2, 0.25) is 10.0 Å². The number of carbonyl (C=O) groups is 1. The molecule has 1 fully saturated rings. The largest absolute Gasteiger partial charge is 0.480 e. The number of carboxylic acid groups (broad SMARTS) is 1. The summed E-state index contributed by atoms with van der Waals surface area (Å²) in [6.45, 7) is 0.555. The Bertz CT molecular complexity index is 354.